The molecular formula is C14H14FN5O. The number of aromatic nitrogens is 4. The molecule has 3 rings (SSSR count). The summed E-state index contributed by atoms with van der Waals surface area (Å²) in [6.45, 7) is 2.35. The standard InChI is InChI=1S/C14H14FN5O/c1-9(20-8-16-7-18-20)6-17-14(21)13-4-10-2-3-11(15)5-12(10)19-13/h2-5,7-9,19H,6H2,1H3,(H,17,21). The zero-order valence-corrected chi connectivity index (χ0v) is 11.4. The second-order valence-electron chi connectivity index (χ2n) is 4.85. The summed E-state index contributed by atoms with van der Waals surface area (Å²) in [5.74, 6) is -0.574. The molecule has 2 heterocycles. The summed E-state index contributed by atoms with van der Waals surface area (Å²) in [6.07, 6.45) is 3.05. The van der Waals surface area contributed by atoms with Crippen LogP contribution in [-0.4, -0.2) is 32.2 Å². The first-order chi connectivity index (χ1) is 10.1. The molecule has 0 aliphatic carbocycles. The Kier molecular flexibility index (Phi) is 3.39. The minimum atomic E-state index is -0.337. The van der Waals surface area contributed by atoms with E-state index in [9.17, 15) is 9.18 Å². The van der Waals surface area contributed by atoms with E-state index in [1.165, 1.54) is 18.5 Å². The van der Waals surface area contributed by atoms with Crippen molar-refractivity contribution in [2.45, 2.75) is 13.0 Å². The van der Waals surface area contributed by atoms with Crippen molar-refractivity contribution in [3.05, 3.63) is 48.4 Å². The van der Waals surface area contributed by atoms with E-state index >= 15 is 0 Å². The maximum absolute atomic E-state index is 13.1. The number of rotatable bonds is 4. The van der Waals surface area contributed by atoms with Crippen molar-refractivity contribution in [3.63, 3.8) is 0 Å². The van der Waals surface area contributed by atoms with Gasteiger partial charge in [-0.1, -0.05) is 0 Å². The Morgan fingerprint density at radius 2 is 2.33 bits per heavy atom. The number of nitrogens with one attached hydrogen (secondary N) is 2. The van der Waals surface area contributed by atoms with Crippen LogP contribution >= 0.6 is 0 Å². The van der Waals surface area contributed by atoms with Crippen molar-refractivity contribution < 1.29 is 9.18 Å². The smallest absolute Gasteiger partial charge is 0.267 e. The number of nitrogens with zero attached hydrogens (tertiary/aromatic N) is 3. The van der Waals surface area contributed by atoms with Crippen LogP contribution < -0.4 is 5.32 Å². The van der Waals surface area contributed by atoms with E-state index in [-0.39, 0.29) is 17.8 Å². The number of aromatic amines is 1. The molecule has 2 aromatic heterocycles. The maximum atomic E-state index is 13.1. The van der Waals surface area contributed by atoms with Gasteiger partial charge in [0.1, 0.15) is 24.2 Å². The Hall–Kier alpha value is -2.70. The highest BCUT2D eigenvalue weighted by Gasteiger charge is 2.12. The summed E-state index contributed by atoms with van der Waals surface area (Å²) in [5.41, 5.74) is 1.01. The Morgan fingerprint density at radius 3 is 3.10 bits per heavy atom. The predicted octanol–water partition coefficient (Wildman–Crippen LogP) is 1.89. The normalized spacial score (nSPS) is 12.5. The second-order valence-corrected chi connectivity index (χ2v) is 4.85. The molecule has 0 saturated carbocycles. The van der Waals surface area contributed by atoms with Gasteiger partial charge in [0.25, 0.3) is 5.91 Å². The lowest BCUT2D eigenvalue weighted by Crippen LogP contribution is -2.30. The molecule has 0 aliphatic heterocycles. The third-order valence-electron chi connectivity index (χ3n) is 3.28. The number of H-pyrrole nitrogens is 1. The molecule has 1 atom stereocenters. The topological polar surface area (TPSA) is 75.6 Å². The first kappa shape index (κ1) is 13.3. The van der Waals surface area contributed by atoms with Gasteiger partial charge in [0.05, 0.1) is 6.04 Å². The molecule has 7 heteroatoms. The lowest BCUT2D eigenvalue weighted by atomic mass is 10.2. The largest absolute Gasteiger partial charge is 0.350 e. The van der Waals surface area contributed by atoms with Crippen molar-refractivity contribution >= 4 is 16.8 Å². The van der Waals surface area contributed by atoms with Crippen LogP contribution in [0.3, 0.4) is 0 Å². The minimum Gasteiger partial charge on any atom is -0.350 e. The molecule has 108 valence electrons. The number of halogens is 1. The molecule has 0 saturated heterocycles. The number of fused-ring (bicyclic) bond motifs is 1. The molecule has 0 spiro atoms. The number of carbonyl (C=O) groups is 1. The Balaban J connectivity index is 1.69. The highest BCUT2D eigenvalue weighted by atomic mass is 19.1. The number of carbonyl (C=O) groups excluding carboxylic acids is 1. The van der Waals surface area contributed by atoms with Gasteiger partial charge in [-0.15, -0.1) is 0 Å². The fourth-order valence-corrected chi connectivity index (χ4v) is 2.10. The molecule has 1 amide bonds. The van der Waals surface area contributed by atoms with Gasteiger partial charge in [0.15, 0.2) is 0 Å². The number of benzene rings is 1. The second kappa shape index (κ2) is 5.35. The van der Waals surface area contributed by atoms with Gasteiger partial charge in [-0.2, -0.15) is 5.10 Å². The summed E-state index contributed by atoms with van der Waals surface area (Å²) < 4.78 is 14.8. The third-order valence-corrected chi connectivity index (χ3v) is 3.28. The lowest BCUT2D eigenvalue weighted by molar-refractivity contribution is 0.0943. The highest BCUT2D eigenvalue weighted by Crippen LogP contribution is 2.16. The van der Waals surface area contributed by atoms with Gasteiger partial charge >= 0.3 is 0 Å². The molecule has 2 N–H and O–H groups in total. The molecule has 0 radical (unpaired) electrons. The number of amides is 1. The van der Waals surface area contributed by atoms with Crippen molar-refractivity contribution in [2.75, 3.05) is 6.54 Å². The average molecular weight is 287 g/mol. The fraction of sp³-hybridized carbons (Fsp3) is 0.214. The van der Waals surface area contributed by atoms with Crippen LogP contribution in [0.1, 0.15) is 23.5 Å². The predicted molar refractivity (Wildman–Crippen MR) is 75.3 cm³/mol. The lowest BCUT2D eigenvalue weighted by Gasteiger charge is -2.11. The summed E-state index contributed by atoms with van der Waals surface area (Å²) in [6, 6.07) is 6.06. The molecule has 3 aromatic rings. The molecule has 21 heavy (non-hydrogen) atoms. The highest BCUT2D eigenvalue weighted by molar-refractivity contribution is 5.97. The number of hydrogen-bond donors (Lipinski definition) is 2. The van der Waals surface area contributed by atoms with Crippen LogP contribution in [0.15, 0.2) is 36.9 Å². The molecular weight excluding hydrogens is 273 g/mol. The van der Waals surface area contributed by atoms with E-state index < -0.39 is 0 Å². The summed E-state index contributed by atoms with van der Waals surface area (Å²) in [4.78, 5) is 18.9. The first-order valence-electron chi connectivity index (χ1n) is 6.54. The Morgan fingerprint density at radius 1 is 1.48 bits per heavy atom. The molecule has 0 fully saturated rings. The molecule has 0 aliphatic rings. The molecule has 6 nitrogen and oxygen atoms in total. The summed E-state index contributed by atoms with van der Waals surface area (Å²) in [7, 11) is 0. The first-order valence-corrected chi connectivity index (χ1v) is 6.54. The SMILES string of the molecule is CC(CNC(=O)c1cc2ccc(F)cc2[nH]1)n1cncn1. The van der Waals surface area contributed by atoms with E-state index in [0.29, 0.717) is 17.8 Å². The van der Waals surface area contributed by atoms with E-state index in [2.05, 4.69) is 20.4 Å². The van der Waals surface area contributed by atoms with Crippen molar-refractivity contribution in [1.82, 2.24) is 25.1 Å². The van der Waals surface area contributed by atoms with Crippen LogP contribution in [0.2, 0.25) is 0 Å². The van der Waals surface area contributed by atoms with Gasteiger partial charge in [0.2, 0.25) is 0 Å². The van der Waals surface area contributed by atoms with Gasteiger partial charge in [-0.05, 0) is 31.2 Å². The maximum Gasteiger partial charge on any atom is 0.267 e. The molecule has 1 unspecified atom stereocenters. The van der Waals surface area contributed by atoms with E-state index in [1.807, 2.05) is 6.92 Å². The van der Waals surface area contributed by atoms with E-state index in [0.717, 1.165) is 5.39 Å². The van der Waals surface area contributed by atoms with Gasteiger partial charge < -0.3 is 10.3 Å². The number of hydrogen-bond acceptors (Lipinski definition) is 3. The van der Waals surface area contributed by atoms with Crippen molar-refractivity contribution in [3.8, 4) is 0 Å². The monoisotopic (exact) mass is 287 g/mol. The zero-order chi connectivity index (χ0) is 14.8. The Bertz CT molecular complexity index is 765. The van der Waals surface area contributed by atoms with E-state index in [4.69, 9.17) is 0 Å². The van der Waals surface area contributed by atoms with Crippen molar-refractivity contribution in [1.29, 1.82) is 0 Å². The van der Waals surface area contributed by atoms with Crippen LogP contribution in [-0.2, 0) is 0 Å². The fourth-order valence-electron chi connectivity index (χ4n) is 2.10. The quantitative estimate of drug-likeness (QED) is 0.769. The zero-order valence-electron chi connectivity index (χ0n) is 11.4. The van der Waals surface area contributed by atoms with Crippen LogP contribution in [0.5, 0.6) is 0 Å². The molecule has 0 bridgehead atoms. The molecule has 1 aromatic carbocycles. The minimum absolute atomic E-state index is 0.00160. The van der Waals surface area contributed by atoms with Crippen molar-refractivity contribution in [2.24, 2.45) is 0 Å². The van der Waals surface area contributed by atoms with Gasteiger partial charge in [-0.3, -0.25) is 4.79 Å². The van der Waals surface area contributed by atoms with Crippen LogP contribution in [0.4, 0.5) is 4.39 Å². The van der Waals surface area contributed by atoms with Gasteiger partial charge in [-0.25, -0.2) is 14.1 Å². The van der Waals surface area contributed by atoms with E-state index in [1.54, 1.807) is 23.1 Å². The average Bonchev–Trinajstić information content (AvgIpc) is 3.12. The van der Waals surface area contributed by atoms with Gasteiger partial charge in [0, 0.05) is 17.4 Å². The van der Waals surface area contributed by atoms with Crippen LogP contribution in [0, 0.1) is 5.82 Å². The Labute approximate surface area is 120 Å². The third kappa shape index (κ3) is 2.76. The summed E-state index contributed by atoms with van der Waals surface area (Å²) in [5, 5.41) is 7.62. The van der Waals surface area contributed by atoms with Crippen LogP contribution in [0.25, 0.3) is 10.9 Å². The summed E-state index contributed by atoms with van der Waals surface area (Å²) >= 11 is 0.